The number of hydrogen-bond acceptors (Lipinski definition) is 4. The molecule has 0 aliphatic rings. The summed E-state index contributed by atoms with van der Waals surface area (Å²) in [4.78, 5) is 23.6. The fourth-order valence-corrected chi connectivity index (χ4v) is 2.42. The van der Waals surface area contributed by atoms with E-state index in [0.29, 0.717) is 5.75 Å². The molecule has 0 unspecified atom stereocenters. The minimum Gasteiger partial charge on any atom is -0.482 e. The van der Waals surface area contributed by atoms with Gasteiger partial charge in [-0.2, -0.15) is 0 Å². The van der Waals surface area contributed by atoms with Crippen LogP contribution in [0.5, 0.6) is 5.75 Å². The summed E-state index contributed by atoms with van der Waals surface area (Å²) in [6.45, 7) is 4.48. The molecule has 0 bridgehead atoms. The smallest absolute Gasteiger partial charge is 0.344 e. The van der Waals surface area contributed by atoms with E-state index < -0.39 is 36.2 Å². The van der Waals surface area contributed by atoms with Crippen LogP contribution in [0.3, 0.4) is 0 Å². The van der Waals surface area contributed by atoms with Crippen LogP contribution in [0.2, 0.25) is 0 Å². The highest BCUT2D eigenvalue weighted by Crippen LogP contribution is 2.20. The Hall–Kier alpha value is -2.96. The molecule has 0 aliphatic carbocycles. The molecule has 27 heavy (non-hydrogen) atoms. The van der Waals surface area contributed by atoms with Crippen LogP contribution in [0.15, 0.2) is 36.4 Å². The van der Waals surface area contributed by atoms with E-state index in [1.165, 1.54) is 6.07 Å². The number of benzene rings is 2. The van der Waals surface area contributed by atoms with Gasteiger partial charge in [0.05, 0.1) is 6.04 Å². The molecule has 0 aliphatic heterocycles. The van der Waals surface area contributed by atoms with Crippen LogP contribution in [-0.4, -0.2) is 25.1 Å². The van der Waals surface area contributed by atoms with Crippen LogP contribution in [0.4, 0.5) is 8.78 Å². The molecular weight excluding hydrogens is 356 g/mol. The molecule has 2 rings (SSSR count). The molecule has 0 saturated carbocycles. The number of hydrogen-bond donors (Lipinski definition) is 1. The van der Waals surface area contributed by atoms with Gasteiger partial charge in [-0.15, -0.1) is 0 Å². The maximum Gasteiger partial charge on any atom is 0.344 e. The third kappa shape index (κ3) is 5.77. The lowest BCUT2D eigenvalue weighted by Crippen LogP contribution is -2.32. The molecule has 2 aromatic carbocycles. The van der Waals surface area contributed by atoms with Crippen molar-refractivity contribution in [3.05, 3.63) is 64.7 Å². The molecule has 0 radical (unpaired) electrons. The molecule has 5 nitrogen and oxygen atoms in total. The molecule has 1 atom stereocenters. The van der Waals surface area contributed by atoms with Crippen LogP contribution in [0.1, 0.15) is 29.7 Å². The van der Waals surface area contributed by atoms with E-state index in [0.717, 1.165) is 23.3 Å². The van der Waals surface area contributed by atoms with Crippen LogP contribution >= 0.6 is 0 Å². The molecule has 0 spiro atoms. The number of halogens is 2. The van der Waals surface area contributed by atoms with Gasteiger partial charge in [-0.05, 0) is 44.0 Å². The first-order chi connectivity index (χ1) is 12.8. The Bertz CT molecular complexity index is 839. The van der Waals surface area contributed by atoms with Gasteiger partial charge in [0.2, 0.25) is 0 Å². The molecule has 144 valence electrons. The highest BCUT2D eigenvalue weighted by Gasteiger charge is 2.16. The zero-order chi connectivity index (χ0) is 20.0. The number of amides is 1. The van der Waals surface area contributed by atoms with Crippen molar-refractivity contribution in [2.24, 2.45) is 0 Å². The Kier molecular flexibility index (Phi) is 6.87. The van der Waals surface area contributed by atoms with E-state index >= 15 is 0 Å². The van der Waals surface area contributed by atoms with Crippen molar-refractivity contribution in [1.82, 2.24) is 5.32 Å². The molecule has 1 amide bonds. The quantitative estimate of drug-likeness (QED) is 0.752. The van der Waals surface area contributed by atoms with Crippen molar-refractivity contribution in [2.45, 2.75) is 26.8 Å². The van der Waals surface area contributed by atoms with E-state index in [-0.39, 0.29) is 12.2 Å². The zero-order valence-corrected chi connectivity index (χ0v) is 15.3. The summed E-state index contributed by atoms with van der Waals surface area (Å²) in [5.41, 5.74) is 2.08. The van der Waals surface area contributed by atoms with Crippen molar-refractivity contribution in [3.63, 3.8) is 0 Å². The fourth-order valence-electron chi connectivity index (χ4n) is 2.42. The van der Waals surface area contributed by atoms with Crippen molar-refractivity contribution in [3.8, 4) is 5.75 Å². The molecular formula is C20H21F2NO4. The van der Waals surface area contributed by atoms with Gasteiger partial charge in [-0.3, -0.25) is 4.79 Å². The van der Waals surface area contributed by atoms with Gasteiger partial charge in [-0.25, -0.2) is 13.6 Å². The number of nitrogens with one attached hydrogen (secondary N) is 1. The van der Waals surface area contributed by atoms with E-state index in [4.69, 9.17) is 9.47 Å². The minimum absolute atomic E-state index is 0.134. The van der Waals surface area contributed by atoms with Gasteiger partial charge in [0.1, 0.15) is 17.4 Å². The highest BCUT2D eigenvalue weighted by atomic mass is 19.1. The largest absolute Gasteiger partial charge is 0.482 e. The van der Waals surface area contributed by atoms with E-state index in [1.54, 1.807) is 13.0 Å². The summed E-state index contributed by atoms with van der Waals surface area (Å²) in [5.74, 6) is -2.20. The SMILES string of the molecule is Cc1cccc(OCC(=O)OCC(=O)N[C@@H](C)c2ccc(F)cc2F)c1C. The van der Waals surface area contributed by atoms with Gasteiger partial charge in [0.15, 0.2) is 13.2 Å². The number of aryl methyl sites for hydroxylation is 1. The predicted molar refractivity (Wildman–Crippen MR) is 95.3 cm³/mol. The third-order valence-electron chi connectivity index (χ3n) is 4.07. The van der Waals surface area contributed by atoms with Crippen LogP contribution in [0, 0.1) is 25.5 Å². The Morgan fingerprint density at radius 1 is 1.11 bits per heavy atom. The van der Waals surface area contributed by atoms with Gasteiger partial charge in [0.25, 0.3) is 5.91 Å². The second kappa shape index (κ2) is 9.12. The van der Waals surface area contributed by atoms with Gasteiger partial charge in [-0.1, -0.05) is 18.2 Å². The Morgan fingerprint density at radius 2 is 1.85 bits per heavy atom. The van der Waals surface area contributed by atoms with Gasteiger partial charge in [0, 0.05) is 11.6 Å². The number of rotatable bonds is 7. The zero-order valence-electron chi connectivity index (χ0n) is 15.3. The molecule has 0 saturated heterocycles. The summed E-state index contributed by atoms with van der Waals surface area (Å²) in [6, 6.07) is 7.86. The van der Waals surface area contributed by atoms with Crippen LogP contribution in [-0.2, 0) is 14.3 Å². The van der Waals surface area contributed by atoms with Crippen molar-refractivity contribution in [2.75, 3.05) is 13.2 Å². The number of carbonyl (C=O) groups excluding carboxylic acids is 2. The summed E-state index contributed by atoms with van der Waals surface area (Å²) < 4.78 is 36.9. The molecule has 1 N–H and O–H groups in total. The number of esters is 1. The molecule has 7 heteroatoms. The Labute approximate surface area is 156 Å². The van der Waals surface area contributed by atoms with Gasteiger partial charge >= 0.3 is 5.97 Å². The lowest BCUT2D eigenvalue weighted by molar-refractivity contribution is -0.150. The topological polar surface area (TPSA) is 64.6 Å². The summed E-state index contributed by atoms with van der Waals surface area (Å²) >= 11 is 0. The monoisotopic (exact) mass is 377 g/mol. The maximum absolute atomic E-state index is 13.7. The lowest BCUT2D eigenvalue weighted by Gasteiger charge is -2.15. The molecule has 0 aromatic heterocycles. The Morgan fingerprint density at radius 3 is 2.56 bits per heavy atom. The van der Waals surface area contributed by atoms with Crippen molar-refractivity contribution >= 4 is 11.9 Å². The normalized spacial score (nSPS) is 11.6. The summed E-state index contributed by atoms with van der Waals surface area (Å²) in [6.07, 6.45) is 0. The van der Waals surface area contributed by atoms with E-state index in [9.17, 15) is 18.4 Å². The van der Waals surface area contributed by atoms with Crippen molar-refractivity contribution in [1.29, 1.82) is 0 Å². The van der Waals surface area contributed by atoms with Crippen LogP contribution < -0.4 is 10.1 Å². The van der Waals surface area contributed by atoms with E-state index in [1.807, 2.05) is 26.0 Å². The number of ether oxygens (including phenoxy) is 2. The molecule has 0 fully saturated rings. The fraction of sp³-hybridized carbons (Fsp3) is 0.300. The first kappa shape index (κ1) is 20.4. The van der Waals surface area contributed by atoms with Gasteiger partial charge < -0.3 is 14.8 Å². The van der Waals surface area contributed by atoms with Crippen molar-refractivity contribution < 1.29 is 27.8 Å². The summed E-state index contributed by atoms with van der Waals surface area (Å²) in [5, 5.41) is 2.48. The van der Waals surface area contributed by atoms with E-state index in [2.05, 4.69) is 5.32 Å². The number of carbonyl (C=O) groups is 2. The third-order valence-corrected chi connectivity index (χ3v) is 4.07. The first-order valence-electron chi connectivity index (χ1n) is 8.37. The van der Waals surface area contributed by atoms with Crippen LogP contribution in [0.25, 0.3) is 0 Å². The summed E-state index contributed by atoms with van der Waals surface area (Å²) in [7, 11) is 0. The predicted octanol–water partition coefficient (Wildman–Crippen LogP) is 3.38. The first-order valence-corrected chi connectivity index (χ1v) is 8.37. The molecule has 0 heterocycles. The second-order valence-corrected chi connectivity index (χ2v) is 6.10. The maximum atomic E-state index is 13.7. The lowest BCUT2D eigenvalue weighted by atomic mass is 10.1. The average Bonchev–Trinajstić information content (AvgIpc) is 2.61. The second-order valence-electron chi connectivity index (χ2n) is 6.10. The Balaban J connectivity index is 1.79. The highest BCUT2D eigenvalue weighted by molar-refractivity contribution is 5.81. The standard InChI is InChI=1S/C20H21F2NO4/c1-12-5-4-6-18(13(12)2)26-11-20(25)27-10-19(24)23-14(3)16-8-7-15(21)9-17(16)22/h4-9,14H,10-11H2,1-3H3,(H,23,24)/t14-/m0/s1. The molecule has 2 aromatic rings. The average molecular weight is 377 g/mol. The minimum atomic E-state index is -0.762.